The maximum Gasteiger partial charge on any atom is 0.259 e. The number of benzene rings is 1. The van der Waals surface area contributed by atoms with Crippen LogP contribution in [0.4, 0.5) is 4.39 Å². The van der Waals surface area contributed by atoms with Crippen molar-refractivity contribution in [2.45, 2.75) is 32.7 Å². The van der Waals surface area contributed by atoms with E-state index in [1.807, 2.05) is 0 Å². The van der Waals surface area contributed by atoms with Crippen molar-refractivity contribution in [2.75, 3.05) is 6.54 Å². The molecule has 110 valence electrons. The summed E-state index contributed by atoms with van der Waals surface area (Å²) in [6.07, 6.45) is 1.64. The monoisotopic (exact) mass is 288 g/mol. The summed E-state index contributed by atoms with van der Waals surface area (Å²) in [5.41, 5.74) is 1.66. The van der Waals surface area contributed by atoms with Crippen molar-refractivity contribution in [2.24, 2.45) is 0 Å². The fourth-order valence-electron chi connectivity index (χ4n) is 3.01. The summed E-state index contributed by atoms with van der Waals surface area (Å²) in [5.74, 6) is 0.120. The summed E-state index contributed by atoms with van der Waals surface area (Å²) in [4.78, 5) is 14.5. The van der Waals surface area contributed by atoms with E-state index in [-0.39, 0.29) is 17.8 Å². The summed E-state index contributed by atoms with van der Waals surface area (Å²) in [6.45, 7) is 4.10. The largest absolute Gasteiger partial charge is 0.361 e. The lowest BCUT2D eigenvalue weighted by Gasteiger charge is -2.25. The van der Waals surface area contributed by atoms with E-state index in [1.165, 1.54) is 6.07 Å². The highest BCUT2D eigenvalue weighted by molar-refractivity contribution is 5.96. The molecule has 4 nitrogen and oxygen atoms in total. The van der Waals surface area contributed by atoms with Crippen LogP contribution >= 0.6 is 0 Å². The van der Waals surface area contributed by atoms with Gasteiger partial charge in [-0.15, -0.1) is 0 Å². The Morgan fingerprint density at radius 3 is 2.81 bits per heavy atom. The van der Waals surface area contributed by atoms with Crippen LogP contribution < -0.4 is 0 Å². The van der Waals surface area contributed by atoms with Gasteiger partial charge in [0.2, 0.25) is 0 Å². The van der Waals surface area contributed by atoms with Crippen molar-refractivity contribution in [1.29, 1.82) is 0 Å². The molecule has 0 saturated carbocycles. The molecule has 2 heterocycles. The van der Waals surface area contributed by atoms with E-state index in [0.29, 0.717) is 29.1 Å². The average Bonchev–Trinajstić information content (AvgIpc) is 3.06. The molecule has 1 unspecified atom stereocenters. The van der Waals surface area contributed by atoms with Crippen molar-refractivity contribution in [3.63, 3.8) is 0 Å². The normalized spacial score (nSPS) is 18.2. The standard InChI is InChI=1S/C16H17FN2O2/c1-10-15(11(2)21-18-10)16(20)19-9-5-8-14(19)12-6-3-4-7-13(12)17/h3-4,6-7,14H,5,8-9H2,1-2H3. The Morgan fingerprint density at radius 2 is 2.14 bits per heavy atom. The van der Waals surface area contributed by atoms with Gasteiger partial charge in [-0.2, -0.15) is 0 Å². The van der Waals surface area contributed by atoms with Gasteiger partial charge in [0.25, 0.3) is 5.91 Å². The number of amides is 1. The van der Waals surface area contributed by atoms with Crippen molar-refractivity contribution < 1.29 is 13.7 Å². The first kappa shape index (κ1) is 13.8. The van der Waals surface area contributed by atoms with Crippen LogP contribution in [0.3, 0.4) is 0 Å². The predicted molar refractivity (Wildman–Crippen MR) is 75.4 cm³/mol. The van der Waals surface area contributed by atoms with Gasteiger partial charge in [0, 0.05) is 12.1 Å². The molecule has 1 aromatic carbocycles. The number of carbonyl (C=O) groups is 1. The van der Waals surface area contributed by atoms with Gasteiger partial charge >= 0.3 is 0 Å². The number of halogens is 1. The van der Waals surface area contributed by atoms with Gasteiger partial charge in [-0.1, -0.05) is 23.4 Å². The SMILES string of the molecule is Cc1noc(C)c1C(=O)N1CCCC1c1ccccc1F. The Morgan fingerprint density at radius 1 is 1.38 bits per heavy atom. The Bertz CT molecular complexity index is 661. The van der Waals surface area contributed by atoms with Crippen LogP contribution in [0, 0.1) is 19.7 Å². The van der Waals surface area contributed by atoms with Crippen LogP contribution in [0.1, 0.15) is 46.3 Å². The molecule has 0 N–H and O–H groups in total. The van der Waals surface area contributed by atoms with Crippen LogP contribution in [-0.2, 0) is 0 Å². The minimum absolute atomic E-state index is 0.128. The Hall–Kier alpha value is -2.17. The molecule has 0 bridgehead atoms. The summed E-state index contributed by atoms with van der Waals surface area (Å²) < 4.78 is 19.1. The minimum Gasteiger partial charge on any atom is -0.361 e. The van der Waals surface area contributed by atoms with Crippen LogP contribution in [-0.4, -0.2) is 22.5 Å². The molecular formula is C16H17FN2O2. The van der Waals surface area contributed by atoms with E-state index in [2.05, 4.69) is 5.16 Å². The molecule has 0 spiro atoms. The van der Waals surface area contributed by atoms with Crippen molar-refractivity contribution in [3.8, 4) is 0 Å². The third-order valence-electron chi connectivity index (χ3n) is 4.03. The number of likely N-dealkylation sites (tertiary alicyclic amines) is 1. The molecule has 1 aromatic heterocycles. The van der Waals surface area contributed by atoms with E-state index in [9.17, 15) is 9.18 Å². The quantitative estimate of drug-likeness (QED) is 0.850. The highest BCUT2D eigenvalue weighted by Gasteiger charge is 2.34. The predicted octanol–water partition coefficient (Wildman–Crippen LogP) is 3.41. The molecule has 3 rings (SSSR count). The summed E-state index contributed by atoms with van der Waals surface area (Å²) in [6, 6.07) is 6.43. The van der Waals surface area contributed by atoms with Gasteiger partial charge in [0.1, 0.15) is 17.1 Å². The first-order valence-electron chi connectivity index (χ1n) is 7.08. The molecule has 1 aliphatic heterocycles. The highest BCUT2D eigenvalue weighted by atomic mass is 19.1. The fraction of sp³-hybridized carbons (Fsp3) is 0.375. The van der Waals surface area contributed by atoms with Gasteiger partial charge in [0.15, 0.2) is 0 Å². The molecule has 0 radical (unpaired) electrons. The topological polar surface area (TPSA) is 46.3 Å². The lowest BCUT2D eigenvalue weighted by atomic mass is 10.0. The minimum atomic E-state index is -0.263. The van der Waals surface area contributed by atoms with Gasteiger partial charge in [-0.05, 0) is 32.8 Å². The number of hydrogen-bond acceptors (Lipinski definition) is 3. The zero-order chi connectivity index (χ0) is 15.0. The van der Waals surface area contributed by atoms with Gasteiger partial charge in [0.05, 0.1) is 11.7 Å². The van der Waals surface area contributed by atoms with Gasteiger partial charge < -0.3 is 9.42 Å². The number of nitrogens with zero attached hydrogens (tertiary/aromatic N) is 2. The van der Waals surface area contributed by atoms with E-state index >= 15 is 0 Å². The highest BCUT2D eigenvalue weighted by Crippen LogP contribution is 2.35. The molecule has 21 heavy (non-hydrogen) atoms. The molecule has 5 heteroatoms. The third-order valence-corrected chi connectivity index (χ3v) is 4.03. The molecule has 1 aliphatic rings. The van der Waals surface area contributed by atoms with E-state index in [0.717, 1.165) is 12.8 Å². The molecule has 1 amide bonds. The van der Waals surface area contributed by atoms with Crippen LogP contribution in [0.5, 0.6) is 0 Å². The van der Waals surface area contributed by atoms with E-state index in [1.54, 1.807) is 36.9 Å². The number of carbonyl (C=O) groups excluding carboxylic acids is 1. The smallest absolute Gasteiger partial charge is 0.259 e. The first-order chi connectivity index (χ1) is 10.1. The summed E-state index contributed by atoms with van der Waals surface area (Å²) >= 11 is 0. The molecular weight excluding hydrogens is 271 g/mol. The van der Waals surface area contributed by atoms with Crippen molar-refractivity contribution >= 4 is 5.91 Å². The lowest BCUT2D eigenvalue weighted by molar-refractivity contribution is 0.0731. The second kappa shape index (κ2) is 5.31. The number of aromatic nitrogens is 1. The zero-order valence-corrected chi connectivity index (χ0v) is 12.1. The van der Waals surface area contributed by atoms with Crippen LogP contribution in [0.2, 0.25) is 0 Å². The zero-order valence-electron chi connectivity index (χ0n) is 12.1. The first-order valence-corrected chi connectivity index (χ1v) is 7.08. The Balaban J connectivity index is 1.95. The Labute approximate surface area is 122 Å². The third kappa shape index (κ3) is 2.33. The van der Waals surface area contributed by atoms with E-state index < -0.39 is 0 Å². The second-order valence-electron chi connectivity index (χ2n) is 5.38. The van der Waals surface area contributed by atoms with Crippen molar-refractivity contribution in [3.05, 3.63) is 52.7 Å². The molecule has 2 aromatic rings. The van der Waals surface area contributed by atoms with Gasteiger partial charge in [-0.3, -0.25) is 4.79 Å². The summed E-state index contributed by atoms with van der Waals surface area (Å²) in [5, 5.41) is 3.83. The van der Waals surface area contributed by atoms with Crippen LogP contribution in [0.25, 0.3) is 0 Å². The molecule has 0 aliphatic carbocycles. The van der Waals surface area contributed by atoms with Gasteiger partial charge in [-0.25, -0.2) is 4.39 Å². The molecule has 1 atom stereocenters. The Kier molecular flexibility index (Phi) is 3.49. The van der Waals surface area contributed by atoms with Crippen LogP contribution in [0.15, 0.2) is 28.8 Å². The summed E-state index contributed by atoms with van der Waals surface area (Å²) in [7, 11) is 0. The molecule has 1 fully saturated rings. The van der Waals surface area contributed by atoms with Crippen molar-refractivity contribution in [1.82, 2.24) is 10.1 Å². The van der Waals surface area contributed by atoms with E-state index in [4.69, 9.17) is 4.52 Å². The number of aryl methyl sites for hydroxylation is 2. The maximum absolute atomic E-state index is 14.0. The lowest BCUT2D eigenvalue weighted by Crippen LogP contribution is -2.31. The fourth-order valence-corrected chi connectivity index (χ4v) is 3.01. The average molecular weight is 288 g/mol. The maximum atomic E-state index is 14.0. The molecule has 1 saturated heterocycles. The number of hydrogen-bond donors (Lipinski definition) is 0. The number of rotatable bonds is 2. The second-order valence-corrected chi connectivity index (χ2v) is 5.38.